The fourth-order valence-electron chi connectivity index (χ4n) is 4.15. The zero-order valence-electron chi connectivity index (χ0n) is 19.1. The van der Waals surface area contributed by atoms with Gasteiger partial charge in [0.2, 0.25) is 21.8 Å². The minimum absolute atomic E-state index is 0.0447. The molecule has 34 heavy (non-hydrogen) atoms. The molecule has 2 N–H and O–H groups in total. The Morgan fingerprint density at radius 2 is 1.94 bits per heavy atom. The van der Waals surface area contributed by atoms with Gasteiger partial charge in [-0.05, 0) is 56.0 Å². The molecule has 2 aromatic carbocycles. The third-order valence-electron chi connectivity index (χ3n) is 5.66. The monoisotopic (exact) mass is 498 g/mol. The number of aromatic nitrogens is 1. The van der Waals surface area contributed by atoms with Gasteiger partial charge in [-0.15, -0.1) is 11.3 Å². The SMILES string of the molecule is CC(=O)N1c2ccc(S(=O)(=O)N[C@@H](Cc3ccccc3)C(=O)Nc3nc(C)cs3)cc2C[C@H]1C. The lowest BCUT2D eigenvalue weighted by atomic mass is 10.1. The number of nitrogens with one attached hydrogen (secondary N) is 2. The Bertz CT molecular complexity index is 1320. The topological polar surface area (TPSA) is 108 Å². The standard InChI is InChI=1S/C24H26N4O4S2/c1-15-14-33-24(25-15)26-23(30)21(12-18-7-5-4-6-8-18)27-34(31,32)20-9-10-22-19(13-20)11-16(2)28(22)17(3)29/h4-10,13-14,16,21,27H,11-12H2,1-3H3,(H,25,26,30)/t16-,21+/m1/s1. The molecular weight excluding hydrogens is 472 g/mol. The number of benzene rings is 2. The number of hydrogen-bond acceptors (Lipinski definition) is 6. The lowest BCUT2D eigenvalue weighted by Crippen LogP contribution is -2.45. The Morgan fingerprint density at radius 3 is 2.59 bits per heavy atom. The van der Waals surface area contributed by atoms with E-state index < -0.39 is 22.0 Å². The summed E-state index contributed by atoms with van der Waals surface area (Å²) in [6.45, 7) is 5.24. The molecule has 178 valence electrons. The first kappa shape index (κ1) is 24.1. The lowest BCUT2D eigenvalue weighted by Gasteiger charge is -2.21. The van der Waals surface area contributed by atoms with Gasteiger partial charge in [-0.3, -0.25) is 9.59 Å². The van der Waals surface area contributed by atoms with Crippen molar-refractivity contribution in [3.8, 4) is 0 Å². The molecule has 1 aromatic heterocycles. The molecule has 0 unspecified atom stereocenters. The van der Waals surface area contributed by atoms with Gasteiger partial charge in [-0.2, -0.15) is 4.72 Å². The number of nitrogens with zero attached hydrogens (tertiary/aromatic N) is 2. The van der Waals surface area contributed by atoms with Gasteiger partial charge in [0.25, 0.3) is 0 Å². The summed E-state index contributed by atoms with van der Waals surface area (Å²) < 4.78 is 29.2. The zero-order chi connectivity index (χ0) is 24.5. The minimum Gasteiger partial charge on any atom is -0.309 e. The highest BCUT2D eigenvalue weighted by Crippen LogP contribution is 2.34. The molecule has 0 saturated carbocycles. The molecule has 0 aliphatic carbocycles. The number of sulfonamides is 1. The highest BCUT2D eigenvalue weighted by atomic mass is 32.2. The van der Waals surface area contributed by atoms with Gasteiger partial charge in [-0.1, -0.05) is 30.3 Å². The summed E-state index contributed by atoms with van der Waals surface area (Å²) in [6.07, 6.45) is 0.742. The molecule has 1 aliphatic heterocycles. The third-order valence-corrected chi connectivity index (χ3v) is 8.01. The van der Waals surface area contributed by atoms with E-state index in [2.05, 4.69) is 15.0 Å². The molecule has 2 atom stereocenters. The number of carbonyl (C=O) groups excluding carboxylic acids is 2. The number of amides is 2. The summed E-state index contributed by atoms with van der Waals surface area (Å²) in [5.41, 5.74) is 3.09. The van der Waals surface area contributed by atoms with Crippen LogP contribution in [0.3, 0.4) is 0 Å². The number of rotatable bonds is 7. The van der Waals surface area contributed by atoms with Crippen molar-refractivity contribution < 1.29 is 18.0 Å². The van der Waals surface area contributed by atoms with Crippen LogP contribution in [-0.2, 0) is 32.5 Å². The van der Waals surface area contributed by atoms with Crippen LogP contribution in [-0.4, -0.2) is 37.3 Å². The first-order valence-corrected chi connectivity index (χ1v) is 13.2. The molecule has 0 fully saturated rings. The Morgan fingerprint density at radius 1 is 1.21 bits per heavy atom. The van der Waals surface area contributed by atoms with Gasteiger partial charge in [0.05, 0.1) is 10.6 Å². The number of aryl methyl sites for hydroxylation is 1. The summed E-state index contributed by atoms with van der Waals surface area (Å²) >= 11 is 1.28. The normalized spacial score (nSPS) is 16.2. The van der Waals surface area contributed by atoms with Gasteiger partial charge >= 0.3 is 0 Å². The van der Waals surface area contributed by atoms with Crippen LogP contribution in [0.1, 0.15) is 30.7 Å². The average Bonchev–Trinajstić information content (AvgIpc) is 3.34. The molecule has 0 spiro atoms. The number of anilines is 2. The number of fused-ring (bicyclic) bond motifs is 1. The number of thiazole rings is 1. The van der Waals surface area contributed by atoms with Gasteiger partial charge in [0, 0.05) is 24.0 Å². The van der Waals surface area contributed by atoms with Crippen LogP contribution < -0.4 is 14.9 Å². The molecule has 0 bridgehead atoms. The van der Waals surface area contributed by atoms with Crippen LogP contribution in [0, 0.1) is 6.92 Å². The van der Waals surface area contributed by atoms with E-state index in [1.54, 1.807) is 17.0 Å². The highest BCUT2D eigenvalue weighted by molar-refractivity contribution is 7.89. The Hall–Kier alpha value is -3.08. The van der Waals surface area contributed by atoms with E-state index in [0.717, 1.165) is 22.5 Å². The Kier molecular flexibility index (Phi) is 6.83. The maximum absolute atomic E-state index is 13.3. The quantitative estimate of drug-likeness (QED) is 0.520. The highest BCUT2D eigenvalue weighted by Gasteiger charge is 2.32. The molecule has 2 amide bonds. The van der Waals surface area contributed by atoms with Gasteiger partial charge in [-0.25, -0.2) is 13.4 Å². The zero-order valence-corrected chi connectivity index (χ0v) is 20.7. The molecule has 3 aromatic rings. The van der Waals surface area contributed by atoms with E-state index in [-0.39, 0.29) is 23.3 Å². The predicted octanol–water partition coefficient (Wildman–Crippen LogP) is 3.28. The van der Waals surface area contributed by atoms with Crippen LogP contribution in [0.4, 0.5) is 10.8 Å². The minimum atomic E-state index is -4.02. The van der Waals surface area contributed by atoms with Crippen LogP contribution in [0.5, 0.6) is 0 Å². The third kappa shape index (κ3) is 5.19. The molecular formula is C24H26N4O4S2. The molecule has 0 saturated heterocycles. The van der Waals surface area contributed by atoms with Gasteiger partial charge in [0.1, 0.15) is 6.04 Å². The fraction of sp³-hybridized carbons (Fsp3) is 0.292. The van der Waals surface area contributed by atoms with Gasteiger partial charge < -0.3 is 10.2 Å². The number of hydrogen-bond donors (Lipinski definition) is 2. The van der Waals surface area contributed by atoms with Crippen molar-refractivity contribution in [3.05, 3.63) is 70.7 Å². The molecule has 1 aliphatic rings. The van der Waals surface area contributed by atoms with Gasteiger partial charge in [0.15, 0.2) is 5.13 Å². The second-order valence-corrected chi connectivity index (χ2v) is 11.0. The van der Waals surface area contributed by atoms with E-state index in [1.165, 1.54) is 24.3 Å². The predicted molar refractivity (Wildman–Crippen MR) is 133 cm³/mol. The van der Waals surface area contributed by atoms with Crippen molar-refractivity contribution in [3.63, 3.8) is 0 Å². The van der Waals surface area contributed by atoms with Crippen molar-refractivity contribution in [2.45, 2.75) is 50.6 Å². The van der Waals surface area contributed by atoms with Crippen LogP contribution in [0.15, 0.2) is 58.8 Å². The van der Waals surface area contributed by atoms with E-state index in [4.69, 9.17) is 0 Å². The Labute approximate surface area is 203 Å². The van der Waals surface area contributed by atoms with Crippen molar-refractivity contribution in [1.82, 2.24) is 9.71 Å². The summed E-state index contributed by atoms with van der Waals surface area (Å²) in [7, 11) is -4.02. The fourth-order valence-corrected chi connectivity index (χ4v) is 6.09. The summed E-state index contributed by atoms with van der Waals surface area (Å²) in [4.78, 5) is 31.0. The van der Waals surface area contributed by atoms with Crippen LogP contribution >= 0.6 is 11.3 Å². The average molecular weight is 499 g/mol. The summed E-state index contributed by atoms with van der Waals surface area (Å²) in [5, 5.41) is 4.94. The molecule has 10 heteroatoms. The number of carbonyl (C=O) groups is 2. The van der Waals surface area contributed by atoms with Crippen LogP contribution in [0.2, 0.25) is 0 Å². The largest absolute Gasteiger partial charge is 0.309 e. The molecule has 2 heterocycles. The van der Waals surface area contributed by atoms with Crippen molar-refractivity contribution in [1.29, 1.82) is 0 Å². The van der Waals surface area contributed by atoms with Crippen LogP contribution in [0.25, 0.3) is 0 Å². The van der Waals surface area contributed by atoms with E-state index >= 15 is 0 Å². The van der Waals surface area contributed by atoms with E-state index in [9.17, 15) is 18.0 Å². The molecule has 4 rings (SSSR count). The van der Waals surface area contributed by atoms with E-state index in [0.29, 0.717) is 11.6 Å². The smallest absolute Gasteiger partial charge is 0.244 e. The maximum atomic E-state index is 13.3. The van der Waals surface area contributed by atoms with Crippen molar-refractivity contribution >= 4 is 44.0 Å². The maximum Gasteiger partial charge on any atom is 0.244 e. The summed E-state index contributed by atoms with van der Waals surface area (Å²) in [6, 6.07) is 12.8. The summed E-state index contributed by atoms with van der Waals surface area (Å²) in [5.74, 6) is -0.573. The lowest BCUT2D eigenvalue weighted by molar-refractivity contribution is -0.118. The second kappa shape index (κ2) is 9.65. The first-order valence-electron chi connectivity index (χ1n) is 10.9. The van der Waals surface area contributed by atoms with Crippen molar-refractivity contribution in [2.75, 3.05) is 10.2 Å². The van der Waals surface area contributed by atoms with Crippen molar-refractivity contribution in [2.24, 2.45) is 0 Å². The molecule has 0 radical (unpaired) electrons. The van der Waals surface area contributed by atoms with E-state index in [1.807, 2.05) is 49.6 Å². The molecule has 8 nitrogen and oxygen atoms in total. The second-order valence-electron chi connectivity index (χ2n) is 8.38. The first-order chi connectivity index (χ1) is 16.1. The Balaban J connectivity index is 1.60.